The van der Waals surface area contributed by atoms with Gasteiger partial charge < -0.3 is 0 Å². The summed E-state index contributed by atoms with van der Waals surface area (Å²) in [5, 5.41) is 0. The van der Waals surface area contributed by atoms with Gasteiger partial charge in [-0.2, -0.15) is 8.78 Å². The molecule has 0 nitrogen and oxygen atoms in total. The third-order valence-electron chi connectivity index (χ3n) is 0.769. The maximum absolute atomic E-state index is 11.5. The van der Waals surface area contributed by atoms with E-state index in [-0.39, 0.29) is 0 Å². The van der Waals surface area contributed by atoms with Gasteiger partial charge in [0.25, 0.3) is 0 Å². The summed E-state index contributed by atoms with van der Waals surface area (Å²) in [4.78, 5) is 0. The molecule has 0 N–H and O–H groups in total. The summed E-state index contributed by atoms with van der Waals surface area (Å²) in [6.45, 7) is -1.11. The maximum atomic E-state index is 11.5. The second-order valence-electron chi connectivity index (χ2n) is 1.50. The summed E-state index contributed by atoms with van der Waals surface area (Å²) in [5.41, 5.74) is 0. The first kappa shape index (κ1) is 9.58. The summed E-state index contributed by atoms with van der Waals surface area (Å²) < 4.78 is 67.7. The number of alkyl halides is 5. The second kappa shape index (κ2) is 3.12. The Balaban J connectivity index is 4.09. The van der Waals surface area contributed by atoms with Gasteiger partial charge in [-0.15, -0.1) is 0 Å². The summed E-state index contributed by atoms with van der Waals surface area (Å²) >= 11 is 0. The molecule has 10 heavy (non-hydrogen) atoms. The van der Waals surface area contributed by atoms with Gasteiger partial charge in [-0.25, -0.2) is 17.6 Å². The van der Waals surface area contributed by atoms with Crippen molar-refractivity contribution in [3.05, 3.63) is 6.67 Å². The molecule has 1 unspecified atom stereocenters. The standard InChI is InChI=1S/C4H3F6/c5-1-2(6)4(9,10)3(7)8/h1-3H. The molecule has 1 radical (unpaired) electrons. The molecule has 0 heterocycles. The van der Waals surface area contributed by atoms with E-state index in [1.807, 2.05) is 0 Å². The van der Waals surface area contributed by atoms with E-state index >= 15 is 0 Å². The molecule has 0 aliphatic carbocycles. The number of hydrogen-bond donors (Lipinski definition) is 0. The highest BCUT2D eigenvalue weighted by molar-refractivity contribution is 4.84. The quantitative estimate of drug-likeness (QED) is 0.563. The molecular formula is C4H3F6. The minimum atomic E-state index is -4.92. The van der Waals surface area contributed by atoms with E-state index in [4.69, 9.17) is 0 Å². The normalized spacial score (nSPS) is 15.9. The zero-order valence-electron chi connectivity index (χ0n) is 4.50. The predicted octanol–water partition coefficient (Wildman–Crippen LogP) is 2.36. The van der Waals surface area contributed by atoms with E-state index in [0.29, 0.717) is 0 Å². The molecule has 0 aliphatic rings. The van der Waals surface area contributed by atoms with Gasteiger partial charge in [-0.1, -0.05) is 0 Å². The Morgan fingerprint density at radius 3 is 1.60 bits per heavy atom. The van der Waals surface area contributed by atoms with Crippen molar-refractivity contribution < 1.29 is 26.3 Å². The summed E-state index contributed by atoms with van der Waals surface area (Å²) in [7, 11) is 0. The van der Waals surface area contributed by atoms with Crippen LogP contribution in [-0.4, -0.2) is 18.5 Å². The average Bonchev–Trinajstić information content (AvgIpc) is 1.86. The molecule has 0 bridgehead atoms. The highest BCUT2D eigenvalue weighted by atomic mass is 19.3. The molecule has 0 saturated heterocycles. The Labute approximate surface area is 52.8 Å². The fourth-order valence-electron chi connectivity index (χ4n) is 0.204. The molecule has 1 atom stereocenters. The Kier molecular flexibility index (Phi) is 2.98. The molecule has 6 heteroatoms. The molecule has 61 valence electrons. The van der Waals surface area contributed by atoms with E-state index in [1.54, 1.807) is 0 Å². The highest BCUT2D eigenvalue weighted by Gasteiger charge is 2.49. The third-order valence-corrected chi connectivity index (χ3v) is 0.769. The molecule has 0 aliphatic heterocycles. The fourth-order valence-corrected chi connectivity index (χ4v) is 0.204. The first-order chi connectivity index (χ1) is 4.42. The first-order valence-corrected chi connectivity index (χ1v) is 2.16. The molecule has 0 spiro atoms. The monoisotopic (exact) mass is 165 g/mol. The lowest BCUT2D eigenvalue weighted by molar-refractivity contribution is -0.166. The molecule has 0 amide bonds. The lowest BCUT2D eigenvalue weighted by Gasteiger charge is -2.15. The van der Waals surface area contributed by atoms with Crippen LogP contribution in [0.25, 0.3) is 0 Å². The van der Waals surface area contributed by atoms with Crippen LogP contribution in [0.1, 0.15) is 0 Å². The van der Waals surface area contributed by atoms with E-state index in [9.17, 15) is 26.3 Å². The second-order valence-corrected chi connectivity index (χ2v) is 1.50. The minimum absolute atomic E-state index is 1.11. The van der Waals surface area contributed by atoms with Gasteiger partial charge in [-0.05, 0) is 0 Å². The third kappa shape index (κ3) is 1.78. The van der Waals surface area contributed by atoms with Crippen LogP contribution in [-0.2, 0) is 0 Å². The first-order valence-electron chi connectivity index (χ1n) is 2.16. The van der Waals surface area contributed by atoms with Crippen LogP contribution in [0.15, 0.2) is 0 Å². The van der Waals surface area contributed by atoms with Crippen LogP contribution in [0.4, 0.5) is 26.3 Å². The Bertz CT molecular complexity index is 99.9. The van der Waals surface area contributed by atoms with Crippen LogP contribution in [0, 0.1) is 6.67 Å². The van der Waals surface area contributed by atoms with Gasteiger partial charge >= 0.3 is 12.3 Å². The summed E-state index contributed by atoms with van der Waals surface area (Å²) in [5.74, 6) is -4.92. The number of hydrogen-bond acceptors (Lipinski definition) is 0. The van der Waals surface area contributed by atoms with Crippen molar-refractivity contribution in [1.29, 1.82) is 0 Å². The molecular weight excluding hydrogens is 162 g/mol. The van der Waals surface area contributed by atoms with Gasteiger partial charge in [-0.3, -0.25) is 0 Å². The van der Waals surface area contributed by atoms with Gasteiger partial charge in [0.1, 0.15) is 0 Å². The van der Waals surface area contributed by atoms with E-state index in [0.717, 1.165) is 0 Å². The van der Waals surface area contributed by atoms with Crippen molar-refractivity contribution in [1.82, 2.24) is 0 Å². The summed E-state index contributed by atoms with van der Waals surface area (Å²) in [6, 6.07) is 0. The van der Waals surface area contributed by atoms with Crippen LogP contribution in [0.5, 0.6) is 0 Å². The Morgan fingerprint density at radius 2 is 1.50 bits per heavy atom. The SMILES string of the molecule is F[CH]C(F)C(F)(F)C(F)F. The minimum Gasteiger partial charge on any atom is -0.241 e. The maximum Gasteiger partial charge on any atom is 0.340 e. The number of halogens is 6. The van der Waals surface area contributed by atoms with Crippen LogP contribution >= 0.6 is 0 Å². The van der Waals surface area contributed by atoms with Crippen molar-refractivity contribution >= 4 is 0 Å². The van der Waals surface area contributed by atoms with Crippen molar-refractivity contribution in [2.75, 3.05) is 0 Å². The van der Waals surface area contributed by atoms with Crippen LogP contribution < -0.4 is 0 Å². The molecule has 0 aromatic heterocycles. The van der Waals surface area contributed by atoms with Gasteiger partial charge in [0, 0.05) is 0 Å². The van der Waals surface area contributed by atoms with Crippen molar-refractivity contribution in [2.24, 2.45) is 0 Å². The highest BCUT2D eigenvalue weighted by Crippen LogP contribution is 2.30. The zero-order valence-corrected chi connectivity index (χ0v) is 4.50. The van der Waals surface area contributed by atoms with Gasteiger partial charge in [0.15, 0.2) is 6.67 Å². The molecule has 0 saturated carbocycles. The van der Waals surface area contributed by atoms with Crippen LogP contribution in [0.3, 0.4) is 0 Å². The zero-order chi connectivity index (χ0) is 8.36. The Hall–Kier alpha value is -0.420. The van der Waals surface area contributed by atoms with Crippen molar-refractivity contribution in [3.8, 4) is 0 Å². The van der Waals surface area contributed by atoms with E-state index in [2.05, 4.69) is 0 Å². The summed E-state index contributed by atoms with van der Waals surface area (Å²) in [6.07, 6.45) is -7.72. The number of rotatable bonds is 3. The van der Waals surface area contributed by atoms with Gasteiger partial charge in [0.2, 0.25) is 6.17 Å². The molecule has 0 aromatic carbocycles. The van der Waals surface area contributed by atoms with E-state index in [1.165, 1.54) is 0 Å². The topological polar surface area (TPSA) is 0 Å². The Morgan fingerprint density at radius 1 is 1.10 bits per heavy atom. The lowest BCUT2D eigenvalue weighted by atomic mass is 10.2. The lowest BCUT2D eigenvalue weighted by Crippen LogP contribution is -2.37. The van der Waals surface area contributed by atoms with Gasteiger partial charge in [0.05, 0.1) is 0 Å². The van der Waals surface area contributed by atoms with Crippen molar-refractivity contribution in [2.45, 2.75) is 18.5 Å². The average molecular weight is 165 g/mol. The molecule has 0 fully saturated rings. The van der Waals surface area contributed by atoms with E-state index < -0.39 is 25.2 Å². The van der Waals surface area contributed by atoms with Crippen LogP contribution in [0.2, 0.25) is 0 Å². The molecule has 0 aromatic rings. The largest absolute Gasteiger partial charge is 0.340 e. The van der Waals surface area contributed by atoms with Crippen molar-refractivity contribution in [3.63, 3.8) is 0 Å². The fraction of sp³-hybridized carbons (Fsp3) is 0.750. The molecule has 0 rings (SSSR count). The smallest absolute Gasteiger partial charge is 0.241 e. The predicted molar refractivity (Wildman–Crippen MR) is 21.3 cm³/mol.